The highest BCUT2D eigenvalue weighted by Crippen LogP contribution is 2.25. The summed E-state index contributed by atoms with van der Waals surface area (Å²) in [6, 6.07) is 6.94. The number of pyridine rings is 1. The summed E-state index contributed by atoms with van der Waals surface area (Å²) in [6.07, 6.45) is 1.43. The van der Waals surface area contributed by atoms with Crippen LogP contribution in [0, 0.1) is 5.82 Å². The number of likely N-dealkylation sites (N-methyl/N-ethyl adjacent to an activating group) is 1. The Hall–Kier alpha value is -4.52. The molecule has 0 bridgehead atoms. The second-order valence-electron chi connectivity index (χ2n) is 8.48. The number of carbonyl (C=O) groups is 3. The zero-order chi connectivity index (χ0) is 26.7. The molecule has 13 heteroatoms. The molecular weight excluding hydrogens is 487 g/mol. The van der Waals surface area contributed by atoms with Crippen molar-refractivity contribution < 1.29 is 28.6 Å². The van der Waals surface area contributed by atoms with Gasteiger partial charge >= 0.3 is 17.4 Å². The van der Waals surface area contributed by atoms with Gasteiger partial charge in [0.05, 0.1) is 24.6 Å². The topological polar surface area (TPSA) is 146 Å². The van der Waals surface area contributed by atoms with Gasteiger partial charge in [-0.3, -0.25) is 23.6 Å². The zero-order valence-corrected chi connectivity index (χ0v) is 20.2. The first-order valence-electron chi connectivity index (χ1n) is 11.3. The van der Waals surface area contributed by atoms with Gasteiger partial charge in [-0.15, -0.1) is 0 Å². The van der Waals surface area contributed by atoms with E-state index < -0.39 is 40.5 Å². The van der Waals surface area contributed by atoms with E-state index in [0.29, 0.717) is 37.6 Å². The molecule has 37 heavy (non-hydrogen) atoms. The maximum Gasteiger partial charge on any atom is 0.313 e. The highest BCUT2D eigenvalue weighted by atomic mass is 19.1. The van der Waals surface area contributed by atoms with Crippen LogP contribution in [0.2, 0.25) is 0 Å². The molecule has 1 fully saturated rings. The Balaban J connectivity index is 1.75. The van der Waals surface area contributed by atoms with Crippen molar-refractivity contribution in [2.45, 2.75) is 6.54 Å². The minimum absolute atomic E-state index is 0.00567. The summed E-state index contributed by atoms with van der Waals surface area (Å²) in [5, 5.41) is 15.5. The van der Waals surface area contributed by atoms with Crippen molar-refractivity contribution in [3.05, 3.63) is 64.0 Å². The number of morpholine rings is 1. The maximum absolute atomic E-state index is 13.1. The average molecular weight is 512 g/mol. The molecule has 3 aromatic rings. The third-order valence-electron chi connectivity index (χ3n) is 5.69. The molecule has 1 aliphatic rings. The number of anilines is 2. The quantitative estimate of drug-likeness (QED) is 0.415. The number of fused-ring (bicyclic) bond motifs is 1. The number of rotatable bonds is 5. The van der Waals surface area contributed by atoms with Gasteiger partial charge < -0.3 is 30.3 Å². The molecule has 2 aromatic heterocycles. The maximum atomic E-state index is 13.1. The lowest BCUT2D eigenvalue weighted by Gasteiger charge is -2.29. The molecule has 3 heterocycles. The van der Waals surface area contributed by atoms with Gasteiger partial charge in [-0.25, -0.2) is 9.37 Å². The molecule has 194 valence electrons. The smallest absolute Gasteiger partial charge is 0.313 e. The van der Waals surface area contributed by atoms with Gasteiger partial charge in [0.1, 0.15) is 5.82 Å². The van der Waals surface area contributed by atoms with Crippen LogP contribution in [0.1, 0.15) is 16.1 Å². The summed E-state index contributed by atoms with van der Waals surface area (Å²) in [6.45, 7) is 1.90. The first-order chi connectivity index (χ1) is 17.7. The van der Waals surface area contributed by atoms with Crippen LogP contribution >= 0.6 is 0 Å². The van der Waals surface area contributed by atoms with Gasteiger partial charge in [0.2, 0.25) is 5.75 Å². The normalized spacial score (nSPS) is 13.3. The summed E-state index contributed by atoms with van der Waals surface area (Å²) in [5.41, 5.74) is -0.570. The van der Waals surface area contributed by atoms with Crippen molar-refractivity contribution in [1.82, 2.24) is 19.6 Å². The largest absolute Gasteiger partial charge is 0.501 e. The van der Waals surface area contributed by atoms with Crippen molar-refractivity contribution in [1.29, 1.82) is 0 Å². The fraction of sp³-hybridized carbons (Fsp3) is 0.292. The molecule has 0 radical (unpaired) electrons. The van der Waals surface area contributed by atoms with Gasteiger partial charge in [0.15, 0.2) is 11.3 Å². The SMILES string of the molecule is CN(C)C(=O)C(=O)Nc1cc(N2CCOCC2)cn2c(=O)c(O)c(C(=O)NCc3ccc(F)cc3)nc12. The molecule has 1 aromatic carbocycles. The first-order valence-corrected chi connectivity index (χ1v) is 11.3. The van der Waals surface area contributed by atoms with E-state index in [-0.39, 0.29) is 17.9 Å². The fourth-order valence-electron chi connectivity index (χ4n) is 3.71. The number of nitrogens with zero attached hydrogens (tertiary/aromatic N) is 4. The summed E-state index contributed by atoms with van der Waals surface area (Å²) >= 11 is 0. The fourth-order valence-corrected chi connectivity index (χ4v) is 3.71. The lowest BCUT2D eigenvalue weighted by molar-refractivity contribution is -0.141. The van der Waals surface area contributed by atoms with Gasteiger partial charge in [-0.05, 0) is 23.8 Å². The Morgan fingerprint density at radius 2 is 1.84 bits per heavy atom. The van der Waals surface area contributed by atoms with Crippen LogP contribution in [0.5, 0.6) is 5.75 Å². The molecule has 0 spiro atoms. The molecule has 0 aliphatic carbocycles. The predicted octanol–water partition coefficient (Wildman–Crippen LogP) is 0.333. The van der Waals surface area contributed by atoms with Crippen LogP contribution in [0.3, 0.4) is 0 Å². The standard InChI is InChI=1S/C24H25FN6O6/c1-29(2)24(36)22(34)27-17-11-16(30-7-9-37-10-8-30)13-31-20(17)28-18(19(32)23(31)35)21(33)26-12-14-3-5-15(25)6-4-14/h3-6,11,13,32H,7-10,12H2,1-2H3,(H,26,33)(H,27,34). The molecule has 0 unspecified atom stereocenters. The molecule has 4 rings (SSSR count). The summed E-state index contributed by atoms with van der Waals surface area (Å²) in [5.74, 6) is -4.00. The highest BCUT2D eigenvalue weighted by molar-refractivity contribution is 6.39. The van der Waals surface area contributed by atoms with E-state index in [9.17, 15) is 28.7 Å². The number of benzene rings is 1. The van der Waals surface area contributed by atoms with E-state index in [0.717, 1.165) is 9.30 Å². The third kappa shape index (κ3) is 5.51. The summed E-state index contributed by atoms with van der Waals surface area (Å²) in [4.78, 5) is 57.8. The Morgan fingerprint density at radius 1 is 1.16 bits per heavy atom. The van der Waals surface area contributed by atoms with Crippen LogP contribution < -0.4 is 21.1 Å². The number of hydrogen-bond acceptors (Lipinski definition) is 8. The highest BCUT2D eigenvalue weighted by Gasteiger charge is 2.24. The van der Waals surface area contributed by atoms with E-state index in [1.54, 1.807) is 0 Å². The van der Waals surface area contributed by atoms with Crippen LogP contribution in [0.25, 0.3) is 5.65 Å². The van der Waals surface area contributed by atoms with E-state index >= 15 is 0 Å². The van der Waals surface area contributed by atoms with Crippen molar-refractivity contribution in [3.8, 4) is 5.75 Å². The molecule has 0 atom stereocenters. The van der Waals surface area contributed by atoms with Gasteiger partial charge in [0, 0.05) is 39.9 Å². The predicted molar refractivity (Wildman–Crippen MR) is 131 cm³/mol. The third-order valence-corrected chi connectivity index (χ3v) is 5.69. The molecule has 3 N–H and O–H groups in total. The molecular formula is C24H25FN6O6. The average Bonchev–Trinajstić information content (AvgIpc) is 2.90. The second kappa shape index (κ2) is 10.6. The van der Waals surface area contributed by atoms with Gasteiger partial charge in [0.25, 0.3) is 5.91 Å². The van der Waals surface area contributed by atoms with E-state index in [1.165, 1.54) is 50.6 Å². The monoisotopic (exact) mass is 512 g/mol. The van der Waals surface area contributed by atoms with Crippen molar-refractivity contribution in [2.24, 2.45) is 0 Å². The first kappa shape index (κ1) is 25.6. The zero-order valence-electron chi connectivity index (χ0n) is 20.2. The van der Waals surface area contributed by atoms with Crippen molar-refractivity contribution in [2.75, 3.05) is 50.6 Å². The Bertz CT molecular complexity index is 1420. The molecule has 1 saturated heterocycles. The summed E-state index contributed by atoms with van der Waals surface area (Å²) in [7, 11) is 2.82. The van der Waals surface area contributed by atoms with Crippen LogP contribution in [-0.2, 0) is 20.9 Å². The van der Waals surface area contributed by atoms with E-state index in [1.807, 2.05) is 4.90 Å². The lowest BCUT2D eigenvalue weighted by Crippen LogP contribution is -2.37. The van der Waals surface area contributed by atoms with E-state index in [2.05, 4.69) is 15.6 Å². The van der Waals surface area contributed by atoms with E-state index in [4.69, 9.17) is 4.74 Å². The minimum atomic E-state index is -0.976. The van der Waals surface area contributed by atoms with Gasteiger partial charge in [-0.2, -0.15) is 0 Å². The number of nitrogens with one attached hydrogen (secondary N) is 2. The Morgan fingerprint density at radius 3 is 2.49 bits per heavy atom. The van der Waals surface area contributed by atoms with Crippen LogP contribution in [0.15, 0.2) is 41.3 Å². The molecule has 1 aliphatic heterocycles. The van der Waals surface area contributed by atoms with Crippen molar-refractivity contribution >= 4 is 34.7 Å². The van der Waals surface area contributed by atoms with Gasteiger partial charge in [-0.1, -0.05) is 12.1 Å². The van der Waals surface area contributed by atoms with Crippen LogP contribution in [0.4, 0.5) is 15.8 Å². The number of halogens is 1. The lowest BCUT2D eigenvalue weighted by atomic mass is 10.2. The number of aromatic nitrogens is 2. The van der Waals surface area contributed by atoms with Crippen molar-refractivity contribution in [3.63, 3.8) is 0 Å². The number of carbonyl (C=O) groups excluding carboxylic acids is 3. The second-order valence-corrected chi connectivity index (χ2v) is 8.48. The Kier molecular flexibility index (Phi) is 7.34. The number of amides is 3. The Labute approximate surface area is 210 Å². The molecule has 12 nitrogen and oxygen atoms in total. The number of hydrogen-bond donors (Lipinski definition) is 3. The van der Waals surface area contributed by atoms with Crippen LogP contribution in [-0.4, -0.2) is 77.5 Å². The molecule has 0 saturated carbocycles. The minimum Gasteiger partial charge on any atom is -0.501 e. The molecule has 3 amide bonds. The number of ether oxygens (including phenoxy) is 1. The summed E-state index contributed by atoms with van der Waals surface area (Å²) < 4.78 is 19.5. The number of aromatic hydroxyl groups is 1.